The summed E-state index contributed by atoms with van der Waals surface area (Å²) in [5, 5.41) is 16.8. The summed E-state index contributed by atoms with van der Waals surface area (Å²) in [4.78, 5) is 0. The molecular weight excluding hydrogens is 300 g/mol. The molecule has 0 aromatic heterocycles. The number of benzene rings is 2. The van der Waals surface area contributed by atoms with Crippen LogP contribution < -0.4 is 11.0 Å². The number of rotatable bonds is 2. The van der Waals surface area contributed by atoms with Crippen LogP contribution in [-0.4, -0.2) is 27.9 Å². The van der Waals surface area contributed by atoms with Gasteiger partial charge in [-0.3, -0.25) is 8.42 Å². The molecule has 0 radical (unpaired) electrons. The first-order valence-electron chi connectivity index (χ1n) is 5.58. The normalized spacial score (nSPS) is 9.71. The standard InChI is InChI=1S/2C6H7NO.H2O4S/c2*8-7-6-4-2-1-3-5-6;1-5(2,3)4/h2*1-5,7-8H;(H2,1,2,3,4). The van der Waals surface area contributed by atoms with E-state index in [9.17, 15) is 0 Å². The Morgan fingerprint density at radius 2 is 0.952 bits per heavy atom. The summed E-state index contributed by atoms with van der Waals surface area (Å²) in [5.41, 5.74) is 3.85. The van der Waals surface area contributed by atoms with Crippen molar-refractivity contribution in [2.75, 3.05) is 0 Å². The molecule has 0 atom stereocenters. The van der Waals surface area contributed by atoms with E-state index in [4.69, 9.17) is 27.9 Å². The number of quaternary nitrogens is 2. The first-order valence-corrected chi connectivity index (χ1v) is 6.92. The molecule has 21 heavy (non-hydrogen) atoms. The molecule has 6 N–H and O–H groups in total. The highest BCUT2D eigenvalue weighted by atomic mass is 32.3. The molecule has 0 heterocycles. The lowest BCUT2D eigenvalue weighted by Crippen LogP contribution is -2.73. The van der Waals surface area contributed by atoms with Gasteiger partial charge in [-0.25, -0.2) is 10.4 Å². The Labute approximate surface area is 122 Å². The Kier molecular flexibility index (Phi) is 9.92. The molecule has 2 aromatic carbocycles. The van der Waals surface area contributed by atoms with Gasteiger partial charge < -0.3 is 9.11 Å². The van der Waals surface area contributed by atoms with Crippen LogP contribution >= 0.6 is 0 Å². The third kappa shape index (κ3) is 14.4. The van der Waals surface area contributed by atoms with Crippen molar-refractivity contribution < 1.29 is 38.9 Å². The fourth-order valence-corrected chi connectivity index (χ4v) is 1.08. The Morgan fingerprint density at radius 1 is 0.714 bits per heavy atom. The third-order valence-electron chi connectivity index (χ3n) is 1.90. The largest absolute Gasteiger partial charge is 0.759 e. The number of para-hydroxylation sites is 2. The molecule has 8 nitrogen and oxygen atoms in total. The summed E-state index contributed by atoms with van der Waals surface area (Å²) in [6, 6.07) is 18.7. The van der Waals surface area contributed by atoms with Crippen LogP contribution in [0.25, 0.3) is 0 Å². The molecule has 0 spiro atoms. The topological polar surface area (TPSA) is 154 Å². The minimum atomic E-state index is -5.17. The van der Waals surface area contributed by atoms with Gasteiger partial charge >= 0.3 is 0 Å². The van der Waals surface area contributed by atoms with E-state index >= 15 is 0 Å². The summed E-state index contributed by atoms with van der Waals surface area (Å²) >= 11 is 0. The quantitative estimate of drug-likeness (QED) is 0.246. The van der Waals surface area contributed by atoms with Crippen molar-refractivity contribution in [3.05, 3.63) is 60.7 Å². The Hall–Kier alpha value is -1.85. The van der Waals surface area contributed by atoms with Crippen LogP contribution in [0.15, 0.2) is 60.7 Å². The molecule has 0 bridgehead atoms. The van der Waals surface area contributed by atoms with E-state index in [1.165, 1.54) is 0 Å². The van der Waals surface area contributed by atoms with E-state index in [1.807, 2.05) is 60.7 Å². The summed E-state index contributed by atoms with van der Waals surface area (Å²) < 4.78 is 34.1. The molecule has 0 fully saturated rings. The molecule has 0 aliphatic carbocycles. The monoisotopic (exact) mass is 316 g/mol. The van der Waals surface area contributed by atoms with E-state index in [0.717, 1.165) is 22.3 Å². The lowest BCUT2D eigenvalue weighted by molar-refractivity contribution is -0.825. The van der Waals surface area contributed by atoms with Gasteiger partial charge in [0, 0.05) is 34.7 Å². The molecule has 0 unspecified atom stereocenters. The molecule has 0 aliphatic rings. The Balaban J connectivity index is 0.000000296. The third-order valence-corrected chi connectivity index (χ3v) is 1.90. The summed E-state index contributed by atoms with van der Waals surface area (Å²) in [6.45, 7) is 0. The van der Waals surface area contributed by atoms with Crippen LogP contribution in [-0.2, 0) is 10.4 Å². The summed E-state index contributed by atoms with van der Waals surface area (Å²) in [6.07, 6.45) is 0. The van der Waals surface area contributed by atoms with Gasteiger partial charge in [0.2, 0.25) is 0 Å². The van der Waals surface area contributed by atoms with Gasteiger partial charge in [0.1, 0.15) is 0 Å². The zero-order chi connectivity index (χ0) is 16.1. The number of hydrogen-bond donors (Lipinski definition) is 4. The fraction of sp³-hybridized carbons (Fsp3) is 0. The van der Waals surface area contributed by atoms with Crippen molar-refractivity contribution in [2.24, 2.45) is 0 Å². The second-order valence-electron chi connectivity index (χ2n) is 3.49. The van der Waals surface area contributed by atoms with Crippen LogP contribution in [0.1, 0.15) is 0 Å². The highest BCUT2D eigenvalue weighted by Crippen LogP contribution is 1.95. The zero-order valence-corrected chi connectivity index (χ0v) is 11.7. The lowest BCUT2D eigenvalue weighted by atomic mass is 10.3. The first-order chi connectivity index (χ1) is 9.86. The van der Waals surface area contributed by atoms with Crippen molar-refractivity contribution in [1.82, 2.24) is 0 Å². The summed E-state index contributed by atoms with van der Waals surface area (Å²) in [7, 11) is -5.17. The molecule has 9 heteroatoms. The van der Waals surface area contributed by atoms with Gasteiger partial charge in [0.05, 0.1) is 0 Å². The van der Waals surface area contributed by atoms with Crippen LogP contribution in [0.2, 0.25) is 0 Å². The fourth-order valence-electron chi connectivity index (χ4n) is 1.08. The SMILES string of the molecule is O=S(=O)([O-])[O-].O[NH2+]c1ccccc1.O[NH2+]c1ccccc1. The molecule has 2 aromatic rings. The Bertz CT molecular complexity index is 530. The van der Waals surface area contributed by atoms with Crippen molar-refractivity contribution >= 4 is 21.8 Å². The van der Waals surface area contributed by atoms with Crippen molar-refractivity contribution in [2.45, 2.75) is 0 Å². The van der Waals surface area contributed by atoms with E-state index in [1.54, 1.807) is 0 Å². The second kappa shape index (κ2) is 10.9. The molecule has 0 saturated carbocycles. The van der Waals surface area contributed by atoms with Crippen molar-refractivity contribution in [3.8, 4) is 0 Å². The predicted octanol–water partition coefficient (Wildman–Crippen LogP) is -0.797. The smallest absolute Gasteiger partial charge is 0.161 e. The van der Waals surface area contributed by atoms with Gasteiger partial charge in [-0.1, -0.05) is 36.4 Å². The first kappa shape index (κ1) is 19.1. The average Bonchev–Trinajstić information content (AvgIpc) is 2.48. The second-order valence-corrected chi connectivity index (χ2v) is 4.30. The van der Waals surface area contributed by atoms with Crippen LogP contribution in [0.5, 0.6) is 0 Å². The molecule has 116 valence electrons. The van der Waals surface area contributed by atoms with E-state index in [-0.39, 0.29) is 0 Å². The average molecular weight is 316 g/mol. The maximum Gasteiger partial charge on any atom is 0.161 e. The predicted molar refractivity (Wildman–Crippen MR) is 70.1 cm³/mol. The van der Waals surface area contributed by atoms with E-state index in [2.05, 4.69) is 0 Å². The van der Waals surface area contributed by atoms with Crippen LogP contribution in [0.3, 0.4) is 0 Å². The van der Waals surface area contributed by atoms with E-state index < -0.39 is 10.4 Å². The van der Waals surface area contributed by atoms with Crippen LogP contribution in [0.4, 0.5) is 11.4 Å². The van der Waals surface area contributed by atoms with Crippen molar-refractivity contribution in [3.63, 3.8) is 0 Å². The van der Waals surface area contributed by atoms with Crippen molar-refractivity contribution in [1.29, 1.82) is 0 Å². The number of hydrogen-bond acceptors (Lipinski definition) is 6. The molecule has 0 saturated heterocycles. The summed E-state index contributed by atoms with van der Waals surface area (Å²) in [5.74, 6) is 0. The van der Waals surface area contributed by atoms with Gasteiger partial charge in [0.15, 0.2) is 11.4 Å². The minimum Gasteiger partial charge on any atom is -0.759 e. The van der Waals surface area contributed by atoms with Crippen LogP contribution in [0, 0.1) is 0 Å². The highest BCUT2D eigenvalue weighted by Gasteiger charge is 1.86. The highest BCUT2D eigenvalue weighted by molar-refractivity contribution is 7.79. The zero-order valence-electron chi connectivity index (χ0n) is 10.9. The van der Waals surface area contributed by atoms with Gasteiger partial charge in [0.25, 0.3) is 0 Å². The van der Waals surface area contributed by atoms with Gasteiger partial charge in [-0.15, -0.1) is 0 Å². The maximum atomic E-state index is 8.52. The van der Waals surface area contributed by atoms with Gasteiger partial charge in [-0.05, 0) is 0 Å². The Morgan fingerprint density at radius 3 is 1.10 bits per heavy atom. The molecule has 0 aliphatic heterocycles. The number of nitrogens with two attached hydrogens (primary N) is 2. The maximum absolute atomic E-state index is 8.52. The lowest BCUT2D eigenvalue weighted by Gasteiger charge is -2.06. The molecular formula is C12H16N2O6S. The van der Waals surface area contributed by atoms with E-state index in [0.29, 0.717) is 0 Å². The molecule has 2 rings (SSSR count). The molecule has 0 amide bonds. The minimum absolute atomic E-state index is 0.840. The van der Waals surface area contributed by atoms with Gasteiger partial charge in [-0.2, -0.15) is 11.0 Å².